The maximum Gasteiger partial charge on any atom is 0.322 e. The average Bonchev–Trinajstić information content (AvgIpc) is 2.47. The van der Waals surface area contributed by atoms with Gasteiger partial charge in [-0.1, -0.05) is 0 Å². The molecule has 20 heavy (non-hydrogen) atoms. The van der Waals surface area contributed by atoms with Crippen molar-refractivity contribution < 1.29 is 14.3 Å². The zero-order valence-electron chi connectivity index (χ0n) is 12.3. The summed E-state index contributed by atoms with van der Waals surface area (Å²) in [6.45, 7) is 2.91. The largest absolute Gasteiger partial charge is 0.493 e. The van der Waals surface area contributed by atoms with E-state index in [-0.39, 0.29) is 6.03 Å². The lowest BCUT2D eigenvalue weighted by molar-refractivity contribution is 0.170. The number of hydrogen-bond donors (Lipinski definition) is 1. The van der Waals surface area contributed by atoms with Crippen LogP contribution in [0.2, 0.25) is 0 Å². The predicted octanol–water partition coefficient (Wildman–Crippen LogP) is 3.11. The Morgan fingerprint density at radius 3 is 2.65 bits per heavy atom. The van der Waals surface area contributed by atoms with Gasteiger partial charge in [-0.05, 0) is 38.3 Å². The summed E-state index contributed by atoms with van der Waals surface area (Å²) in [7, 11) is 3.17. The third-order valence-corrected chi connectivity index (χ3v) is 3.70. The quantitative estimate of drug-likeness (QED) is 0.924. The number of carbonyl (C=O) groups is 1. The van der Waals surface area contributed by atoms with Crippen molar-refractivity contribution in [2.75, 3.05) is 26.1 Å². The summed E-state index contributed by atoms with van der Waals surface area (Å²) in [5, 5.41) is 2.92. The van der Waals surface area contributed by atoms with Gasteiger partial charge in [-0.2, -0.15) is 0 Å². The summed E-state index contributed by atoms with van der Waals surface area (Å²) in [6.07, 6.45) is 3.34. The van der Waals surface area contributed by atoms with Gasteiger partial charge in [0, 0.05) is 24.3 Å². The first kappa shape index (κ1) is 14.5. The van der Waals surface area contributed by atoms with Crippen molar-refractivity contribution in [1.29, 1.82) is 0 Å². The lowest BCUT2D eigenvalue weighted by atomic mass is 10.0. The number of piperidine rings is 1. The number of ether oxygens (including phenoxy) is 2. The normalized spacial score (nSPS) is 18.6. The molecule has 0 spiro atoms. The number of rotatable bonds is 3. The Labute approximate surface area is 119 Å². The molecule has 0 unspecified atom stereocenters. The van der Waals surface area contributed by atoms with Gasteiger partial charge in [0.1, 0.15) is 0 Å². The number of likely N-dealkylation sites (tertiary alicyclic amines) is 1. The van der Waals surface area contributed by atoms with E-state index in [1.807, 2.05) is 11.0 Å². The molecular formula is C15H22N2O3. The van der Waals surface area contributed by atoms with Gasteiger partial charge in [0.25, 0.3) is 0 Å². The maximum absolute atomic E-state index is 12.3. The van der Waals surface area contributed by atoms with E-state index >= 15 is 0 Å². The monoisotopic (exact) mass is 278 g/mol. The van der Waals surface area contributed by atoms with Crippen molar-refractivity contribution in [2.45, 2.75) is 32.2 Å². The number of carbonyl (C=O) groups excluding carboxylic acids is 1. The van der Waals surface area contributed by atoms with Crippen LogP contribution in [0.5, 0.6) is 11.5 Å². The minimum absolute atomic E-state index is 0.0515. The fourth-order valence-corrected chi connectivity index (χ4v) is 2.51. The molecule has 1 N–H and O–H groups in total. The maximum atomic E-state index is 12.3. The van der Waals surface area contributed by atoms with Gasteiger partial charge in [-0.25, -0.2) is 4.79 Å². The molecule has 1 aromatic carbocycles. The number of nitrogens with one attached hydrogen (secondary N) is 1. The van der Waals surface area contributed by atoms with Crippen LogP contribution in [0, 0.1) is 0 Å². The van der Waals surface area contributed by atoms with Crippen molar-refractivity contribution in [3.05, 3.63) is 18.2 Å². The topological polar surface area (TPSA) is 50.8 Å². The van der Waals surface area contributed by atoms with Crippen LogP contribution in [0.15, 0.2) is 18.2 Å². The third-order valence-electron chi connectivity index (χ3n) is 3.70. The highest BCUT2D eigenvalue weighted by molar-refractivity contribution is 5.90. The first-order valence-electron chi connectivity index (χ1n) is 6.95. The molecule has 0 radical (unpaired) electrons. The van der Waals surface area contributed by atoms with Gasteiger partial charge in [-0.15, -0.1) is 0 Å². The van der Waals surface area contributed by atoms with Gasteiger partial charge in [0.15, 0.2) is 11.5 Å². The molecule has 0 bridgehead atoms. The molecule has 1 fully saturated rings. The smallest absolute Gasteiger partial charge is 0.322 e. The molecule has 0 aliphatic carbocycles. The Morgan fingerprint density at radius 1 is 1.25 bits per heavy atom. The molecular weight excluding hydrogens is 256 g/mol. The number of hydrogen-bond acceptors (Lipinski definition) is 3. The highest BCUT2D eigenvalue weighted by atomic mass is 16.5. The van der Waals surface area contributed by atoms with Crippen LogP contribution in [0.1, 0.15) is 26.2 Å². The fourth-order valence-electron chi connectivity index (χ4n) is 2.51. The Bertz CT molecular complexity index is 476. The van der Waals surface area contributed by atoms with Crippen LogP contribution < -0.4 is 14.8 Å². The zero-order valence-corrected chi connectivity index (χ0v) is 12.3. The number of benzene rings is 1. The van der Waals surface area contributed by atoms with Crippen molar-refractivity contribution in [2.24, 2.45) is 0 Å². The summed E-state index contributed by atoms with van der Waals surface area (Å²) >= 11 is 0. The highest BCUT2D eigenvalue weighted by Crippen LogP contribution is 2.30. The van der Waals surface area contributed by atoms with Crippen molar-refractivity contribution in [3.63, 3.8) is 0 Å². The van der Waals surface area contributed by atoms with E-state index in [0.29, 0.717) is 23.2 Å². The first-order chi connectivity index (χ1) is 9.65. The van der Waals surface area contributed by atoms with Crippen LogP contribution in [0.3, 0.4) is 0 Å². The van der Waals surface area contributed by atoms with Crippen LogP contribution in [0.4, 0.5) is 10.5 Å². The predicted molar refractivity (Wildman–Crippen MR) is 78.6 cm³/mol. The van der Waals surface area contributed by atoms with E-state index in [4.69, 9.17) is 9.47 Å². The number of nitrogens with zero attached hydrogens (tertiary/aromatic N) is 1. The Kier molecular flexibility index (Phi) is 4.71. The Hall–Kier alpha value is -1.91. The summed E-state index contributed by atoms with van der Waals surface area (Å²) < 4.78 is 10.4. The van der Waals surface area contributed by atoms with E-state index in [9.17, 15) is 4.79 Å². The Morgan fingerprint density at radius 2 is 2.00 bits per heavy atom. The molecule has 1 aliphatic rings. The third kappa shape index (κ3) is 3.15. The second-order valence-corrected chi connectivity index (χ2v) is 5.04. The standard InChI is InChI=1S/C15H22N2O3/c1-11-6-4-5-9-17(11)15(18)16-12-7-8-13(19-2)14(10-12)20-3/h7-8,10-11H,4-6,9H2,1-3H3,(H,16,18)/t11-/m0/s1. The molecule has 5 heteroatoms. The summed E-state index contributed by atoms with van der Waals surface area (Å²) in [4.78, 5) is 14.2. The lowest BCUT2D eigenvalue weighted by Gasteiger charge is -2.33. The molecule has 110 valence electrons. The van der Waals surface area contributed by atoms with E-state index in [2.05, 4.69) is 12.2 Å². The fraction of sp³-hybridized carbons (Fsp3) is 0.533. The van der Waals surface area contributed by atoms with Crippen LogP contribution in [-0.4, -0.2) is 37.7 Å². The second kappa shape index (κ2) is 6.50. The number of anilines is 1. The van der Waals surface area contributed by atoms with Crippen LogP contribution >= 0.6 is 0 Å². The van der Waals surface area contributed by atoms with Gasteiger partial charge in [-0.3, -0.25) is 0 Å². The van der Waals surface area contributed by atoms with E-state index in [1.54, 1.807) is 26.4 Å². The summed E-state index contributed by atoms with van der Waals surface area (Å²) in [5.74, 6) is 1.26. The van der Waals surface area contributed by atoms with Gasteiger partial charge in [0.05, 0.1) is 14.2 Å². The molecule has 2 rings (SSSR count). The molecule has 1 aromatic rings. The van der Waals surface area contributed by atoms with Crippen molar-refractivity contribution in [1.82, 2.24) is 4.90 Å². The van der Waals surface area contributed by atoms with Crippen LogP contribution in [-0.2, 0) is 0 Å². The van der Waals surface area contributed by atoms with E-state index in [0.717, 1.165) is 19.4 Å². The molecule has 1 saturated heterocycles. The van der Waals surface area contributed by atoms with Crippen molar-refractivity contribution in [3.8, 4) is 11.5 Å². The van der Waals surface area contributed by atoms with Crippen molar-refractivity contribution >= 4 is 11.7 Å². The average molecular weight is 278 g/mol. The summed E-state index contributed by atoms with van der Waals surface area (Å²) in [6, 6.07) is 5.61. The number of urea groups is 1. The number of amides is 2. The molecule has 0 saturated carbocycles. The highest BCUT2D eigenvalue weighted by Gasteiger charge is 2.23. The zero-order chi connectivity index (χ0) is 14.5. The minimum Gasteiger partial charge on any atom is -0.493 e. The molecule has 1 aliphatic heterocycles. The number of methoxy groups -OCH3 is 2. The summed E-state index contributed by atoms with van der Waals surface area (Å²) in [5.41, 5.74) is 0.713. The van der Waals surface area contributed by atoms with Gasteiger partial charge >= 0.3 is 6.03 Å². The van der Waals surface area contributed by atoms with Gasteiger partial charge < -0.3 is 19.7 Å². The van der Waals surface area contributed by atoms with E-state index < -0.39 is 0 Å². The minimum atomic E-state index is -0.0515. The van der Waals surface area contributed by atoms with E-state index in [1.165, 1.54) is 6.42 Å². The molecule has 1 heterocycles. The van der Waals surface area contributed by atoms with Gasteiger partial charge in [0.2, 0.25) is 0 Å². The molecule has 1 atom stereocenters. The second-order valence-electron chi connectivity index (χ2n) is 5.04. The Balaban J connectivity index is 2.07. The van der Waals surface area contributed by atoms with Crippen LogP contribution in [0.25, 0.3) is 0 Å². The molecule has 2 amide bonds. The molecule has 5 nitrogen and oxygen atoms in total. The first-order valence-corrected chi connectivity index (χ1v) is 6.95. The SMILES string of the molecule is COc1ccc(NC(=O)N2CCCC[C@@H]2C)cc1OC. The lowest BCUT2D eigenvalue weighted by Crippen LogP contribution is -2.44. The molecule has 0 aromatic heterocycles.